The molecule has 2 rings (SSSR count). The second-order valence-corrected chi connectivity index (χ2v) is 5.90. The molecule has 124 valence electrons. The second kappa shape index (κ2) is 7.55. The number of anilines is 1. The van der Waals surface area contributed by atoms with E-state index in [0.29, 0.717) is 17.2 Å². The third-order valence-electron chi connectivity index (χ3n) is 3.70. The number of hydrogen-bond donors (Lipinski definition) is 1. The van der Waals surface area contributed by atoms with Crippen molar-refractivity contribution in [2.24, 2.45) is 0 Å². The van der Waals surface area contributed by atoms with Crippen LogP contribution in [0, 0.1) is 17.0 Å². The number of nitro benzene ring substituents is 1. The predicted molar refractivity (Wildman–Crippen MR) is 96.0 cm³/mol. The monoisotopic (exact) mass is 324 g/mol. The topological polar surface area (TPSA) is 72.2 Å². The summed E-state index contributed by atoms with van der Waals surface area (Å²) in [5.41, 5.74) is 3.10. The quantitative estimate of drug-likeness (QED) is 0.493. The van der Waals surface area contributed by atoms with E-state index in [0.717, 1.165) is 5.56 Å². The maximum Gasteiger partial charge on any atom is 0.274 e. The van der Waals surface area contributed by atoms with Crippen LogP contribution in [0.1, 0.15) is 36.5 Å². The fourth-order valence-corrected chi connectivity index (χ4v) is 2.23. The highest BCUT2D eigenvalue weighted by atomic mass is 16.6. The van der Waals surface area contributed by atoms with Gasteiger partial charge in [0, 0.05) is 23.4 Å². The van der Waals surface area contributed by atoms with Gasteiger partial charge in [0.1, 0.15) is 0 Å². The Kier molecular flexibility index (Phi) is 5.47. The van der Waals surface area contributed by atoms with Gasteiger partial charge in [-0.25, -0.2) is 0 Å². The second-order valence-electron chi connectivity index (χ2n) is 5.90. The van der Waals surface area contributed by atoms with Crippen LogP contribution in [0.25, 0.3) is 6.08 Å². The van der Waals surface area contributed by atoms with Crippen molar-refractivity contribution in [1.82, 2.24) is 0 Å². The van der Waals surface area contributed by atoms with Crippen molar-refractivity contribution >= 4 is 23.4 Å². The van der Waals surface area contributed by atoms with Crippen LogP contribution in [0.5, 0.6) is 0 Å². The molecule has 5 nitrogen and oxygen atoms in total. The van der Waals surface area contributed by atoms with Crippen LogP contribution in [0.2, 0.25) is 0 Å². The van der Waals surface area contributed by atoms with Gasteiger partial charge in [0.25, 0.3) is 5.69 Å². The standard InChI is InChI=1S/C19H20N2O3/c1-13(2)16-8-5-15(6-9-16)7-11-19(22)20-17-10-4-14(3)18(12-17)21(23)24/h4-13H,1-3H3,(H,20,22). The minimum absolute atomic E-state index is 0.0129. The molecule has 0 radical (unpaired) electrons. The molecule has 24 heavy (non-hydrogen) atoms. The lowest BCUT2D eigenvalue weighted by Crippen LogP contribution is -2.08. The van der Waals surface area contributed by atoms with Gasteiger partial charge in [-0.1, -0.05) is 44.2 Å². The molecule has 0 bridgehead atoms. The first-order valence-corrected chi connectivity index (χ1v) is 7.71. The lowest BCUT2D eigenvalue weighted by Gasteiger charge is -2.05. The molecule has 0 saturated carbocycles. The molecule has 0 aliphatic heterocycles. The number of nitro groups is 1. The lowest BCUT2D eigenvalue weighted by molar-refractivity contribution is -0.385. The van der Waals surface area contributed by atoms with Gasteiger partial charge in [-0.2, -0.15) is 0 Å². The van der Waals surface area contributed by atoms with Gasteiger partial charge in [-0.3, -0.25) is 14.9 Å². The van der Waals surface area contributed by atoms with Crippen molar-refractivity contribution in [3.63, 3.8) is 0 Å². The number of aryl methyl sites for hydroxylation is 1. The molecule has 0 fully saturated rings. The third kappa shape index (κ3) is 4.52. The number of carbonyl (C=O) groups excluding carboxylic acids is 1. The zero-order valence-corrected chi connectivity index (χ0v) is 13.9. The van der Waals surface area contributed by atoms with E-state index < -0.39 is 4.92 Å². The first-order chi connectivity index (χ1) is 11.4. The normalized spacial score (nSPS) is 11.0. The first kappa shape index (κ1) is 17.4. The van der Waals surface area contributed by atoms with Gasteiger partial charge in [0.05, 0.1) is 4.92 Å². The van der Waals surface area contributed by atoms with Gasteiger partial charge in [0.15, 0.2) is 0 Å². The minimum Gasteiger partial charge on any atom is -0.322 e. The van der Waals surface area contributed by atoms with Crippen molar-refractivity contribution in [3.05, 3.63) is 75.3 Å². The van der Waals surface area contributed by atoms with Crippen molar-refractivity contribution in [1.29, 1.82) is 0 Å². The van der Waals surface area contributed by atoms with E-state index in [1.807, 2.05) is 24.3 Å². The number of benzene rings is 2. The van der Waals surface area contributed by atoms with Gasteiger partial charge in [-0.15, -0.1) is 0 Å². The highest BCUT2D eigenvalue weighted by Gasteiger charge is 2.11. The Balaban J connectivity index is 2.05. The van der Waals surface area contributed by atoms with Crippen molar-refractivity contribution in [2.45, 2.75) is 26.7 Å². The number of nitrogens with one attached hydrogen (secondary N) is 1. The smallest absolute Gasteiger partial charge is 0.274 e. The van der Waals surface area contributed by atoms with E-state index in [1.54, 1.807) is 25.1 Å². The van der Waals surface area contributed by atoms with Crippen LogP contribution in [0.15, 0.2) is 48.5 Å². The molecule has 0 spiro atoms. The number of rotatable bonds is 5. The molecule has 0 unspecified atom stereocenters. The number of carbonyl (C=O) groups is 1. The number of nitrogens with zero attached hydrogens (tertiary/aromatic N) is 1. The van der Waals surface area contributed by atoms with Gasteiger partial charge in [-0.05, 0) is 36.1 Å². The molecule has 0 saturated heterocycles. The Morgan fingerprint density at radius 1 is 1.17 bits per heavy atom. The summed E-state index contributed by atoms with van der Waals surface area (Å²) in [4.78, 5) is 22.4. The number of amides is 1. The minimum atomic E-state index is -0.461. The molecule has 0 atom stereocenters. The Labute approximate surface area is 141 Å². The SMILES string of the molecule is Cc1ccc(NC(=O)C=Cc2ccc(C(C)C)cc2)cc1[N+](=O)[O-]. The molecular weight excluding hydrogens is 304 g/mol. The molecule has 5 heteroatoms. The van der Waals surface area contributed by atoms with Gasteiger partial charge in [0.2, 0.25) is 5.91 Å². The van der Waals surface area contributed by atoms with E-state index in [1.165, 1.54) is 17.7 Å². The van der Waals surface area contributed by atoms with E-state index >= 15 is 0 Å². The molecule has 2 aromatic carbocycles. The summed E-state index contributed by atoms with van der Waals surface area (Å²) in [6.07, 6.45) is 3.12. The summed E-state index contributed by atoms with van der Waals surface area (Å²) in [5.74, 6) is 0.129. The van der Waals surface area contributed by atoms with Gasteiger partial charge >= 0.3 is 0 Å². The Morgan fingerprint density at radius 2 is 1.83 bits per heavy atom. The summed E-state index contributed by atoms with van der Waals surface area (Å²) < 4.78 is 0. The molecule has 0 aromatic heterocycles. The molecule has 1 amide bonds. The fourth-order valence-electron chi connectivity index (χ4n) is 2.23. The molecule has 1 N–H and O–H groups in total. The van der Waals surface area contributed by atoms with Crippen LogP contribution in [-0.4, -0.2) is 10.8 Å². The molecule has 0 heterocycles. The average molecular weight is 324 g/mol. The largest absolute Gasteiger partial charge is 0.322 e. The van der Waals surface area contributed by atoms with Gasteiger partial charge < -0.3 is 5.32 Å². The number of hydrogen-bond acceptors (Lipinski definition) is 3. The van der Waals surface area contributed by atoms with Crippen molar-refractivity contribution in [2.75, 3.05) is 5.32 Å². The molecular formula is C19H20N2O3. The van der Waals surface area contributed by atoms with Crippen molar-refractivity contribution < 1.29 is 9.72 Å². The Hall–Kier alpha value is -2.95. The highest BCUT2D eigenvalue weighted by molar-refractivity contribution is 6.02. The molecule has 2 aromatic rings. The van der Waals surface area contributed by atoms with Crippen LogP contribution in [0.3, 0.4) is 0 Å². The predicted octanol–water partition coefficient (Wildman–Crippen LogP) is 4.68. The Morgan fingerprint density at radius 3 is 2.42 bits per heavy atom. The third-order valence-corrected chi connectivity index (χ3v) is 3.70. The first-order valence-electron chi connectivity index (χ1n) is 7.71. The fraction of sp³-hybridized carbons (Fsp3) is 0.211. The average Bonchev–Trinajstić information content (AvgIpc) is 2.55. The Bertz CT molecular complexity index is 778. The summed E-state index contributed by atoms with van der Waals surface area (Å²) in [6, 6.07) is 12.6. The summed E-state index contributed by atoms with van der Waals surface area (Å²) in [7, 11) is 0. The summed E-state index contributed by atoms with van der Waals surface area (Å²) >= 11 is 0. The maximum atomic E-state index is 12.0. The van der Waals surface area contributed by atoms with Crippen LogP contribution in [0.4, 0.5) is 11.4 Å². The highest BCUT2D eigenvalue weighted by Crippen LogP contribution is 2.22. The zero-order chi connectivity index (χ0) is 17.7. The van der Waals surface area contributed by atoms with Crippen molar-refractivity contribution in [3.8, 4) is 0 Å². The van der Waals surface area contributed by atoms with E-state index in [4.69, 9.17) is 0 Å². The van der Waals surface area contributed by atoms with Crippen LogP contribution < -0.4 is 5.32 Å². The summed E-state index contributed by atoms with van der Waals surface area (Å²) in [6.45, 7) is 5.91. The van der Waals surface area contributed by atoms with Crippen LogP contribution >= 0.6 is 0 Å². The van der Waals surface area contributed by atoms with E-state index in [9.17, 15) is 14.9 Å². The van der Waals surface area contributed by atoms with E-state index in [2.05, 4.69) is 19.2 Å². The molecule has 0 aliphatic rings. The van der Waals surface area contributed by atoms with Crippen LogP contribution in [-0.2, 0) is 4.79 Å². The lowest BCUT2D eigenvalue weighted by atomic mass is 10.0. The summed E-state index contributed by atoms with van der Waals surface area (Å²) in [5, 5.41) is 13.6. The zero-order valence-electron chi connectivity index (χ0n) is 13.9. The van der Waals surface area contributed by atoms with E-state index in [-0.39, 0.29) is 11.6 Å². The molecule has 0 aliphatic carbocycles. The maximum absolute atomic E-state index is 12.0.